The molecule has 1 aliphatic rings. The Labute approximate surface area is 92.3 Å². The van der Waals surface area contributed by atoms with Gasteiger partial charge in [0.2, 0.25) is 6.29 Å². The predicted molar refractivity (Wildman–Crippen MR) is 62.1 cm³/mol. The van der Waals surface area contributed by atoms with Crippen molar-refractivity contribution in [2.24, 2.45) is 5.92 Å². The molecule has 1 atom stereocenters. The van der Waals surface area contributed by atoms with E-state index in [1.165, 1.54) is 0 Å². The van der Waals surface area contributed by atoms with Crippen molar-refractivity contribution in [3.05, 3.63) is 35.8 Å². The lowest BCUT2D eigenvalue weighted by molar-refractivity contribution is -0.0198. The van der Waals surface area contributed by atoms with Crippen LogP contribution >= 0.6 is 0 Å². The lowest BCUT2D eigenvalue weighted by Gasteiger charge is -2.02. The monoisotopic (exact) mass is 208 g/mol. The molecule has 0 spiro atoms. The molecule has 2 heteroatoms. The van der Waals surface area contributed by atoms with Gasteiger partial charge in [-0.15, -0.1) is 0 Å². The van der Waals surface area contributed by atoms with Crippen LogP contribution in [0.3, 0.4) is 0 Å². The van der Waals surface area contributed by atoms with Crippen LogP contribution in [-0.4, -0.2) is 6.29 Å². The summed E-state index contributed by atoms with van der Waals surface area (Å²) in [5.41, 5.74) is 0. The molecule has 84 valence electrons. The molecule has 0 fully saturated rings. The maximum absolute atomic E-state index is 5.44. The van der Waals surface area contributed by atoms with Crippen molar-refractivity contribution in [1.29, 1.82) is 0 Å². The quantitative estimate of drug-likeness (QED) is 0.655. The smallest absolute Gasteiger partial charge is 0.238 e. The molecule has 0 aromatic carbocycles. The van der Waals surface area contributed by atoms with E-state index in [4.69, 9.17) is 9.47 Å². The summed E-state index contributed by atoms with van der Waals surface area (Å²) in [6, 6.07) is 0. The minimum absolute atomic E-state index is 0.149. The van der Waals surface area contributed by atoms with Gasteiger partial charge in [0.1, 0.15) is 5.76 Å². The Morgan fingerprint density at radius 3 is 2.53 bits per heavy atom. The van der Waals surface area contributed by atoms with Crippen LogP contribution in [0.25, 0.3) is 0 Å². The average molecular weight is 208 g/mol. The average Bonchev–Trinajstić information content (AvgIpc) is 2.44. The molecule has 1 rings (SSSR count). The fourth-order valence-corrected chi connectivity index (χ4v) is 1.32. The fraction of sp³-hybridized carbons (Fsp3) is 0.538. The molecule has 0 saturated carbocycles. The summed E-state index contributed by atoms with van der Waals surface area (Å²) in [6.07, 6.45) is 9.10. The normalized spacial score (nSPS) is 21.8. The number of hydrogen-bond donors (Lipinski definition) is 0. The molecule has 0 aromatic heterocycles. The maximum atomic E-state index is 5.44. The molecule has 0 amide bonds. The number of rotatable bonds is 4. The Morgan fingerprint density at radius 2 is 2.00 bits per heavy atom. The van der Waals surface area contributed by atoms with Gasteiger partial charge < -0.3 is 9.47 Å². The van der Waals surface area contributed by atoms with E-state index in [9.17, 15) is 0 Å². The summed E-state index contributed by atoms with van der Waals surface area (Å²) in [4.78, 5) is 0. The summed E-state index contributed by atoms with van der Waals surface area (Å²) < 4.78 is 10.8. The van der Waals surface area contributed by atoms with E-state index in [-0.39, 0.29) is 6.29 Å². The van der Waals surface area contributed by atoms with Gasteiger partial charge in [-0.3, -0.25) is 0 Å². The molecule has 1 heterocycles. The van der Waals surface area contributed by atoms with Crippen molar-refractivity contribution in [3.63, 3.8) is 0 Å². The second kappa shape index (κ2) is 5.64. The first-order valence-corrected chi connectivity index (χ1v) is 5.47. The van der Waals surface area contributed by atoms with Crippen LogP contribution in [0, 0.1) is 5.92 Å². The molecule has 0 aliphatic carbocycles. The molecular weight excluding hydrogens is 188 g/mol. The third kappa shape index (κ3) is 4.24. The molecule has 15 heavy (non-hydrogen) atoms. The second-order valence-corrected chi connectivity index (χ2v) is 4.14. The highest BCUT2D eigenvalue weighted by Gasteiger charge is 2.17. The van der Waals surface area contributed by atoms with E-state index in [0.717, 1.165) is 17.9 Å². The Bertz CT molecular complexity index is 285. The van der Waals surface area contributed by atoms with Gasteiger partial charge in [0.05, 0.1) is 0 Å². The molecule has 0 bridgehead atoms. The predicted octanol–water partition coefficient (Wildman–Crippen LogP) is 3.77. The van der Waals surface area contributed by atoms with Crippen LogP contribution in [0.4, 0.5) is 0 Å². The third-order valence-corrected chi connectivity index (χ3v) is 2.08. The Morgan fingerprint density at radius 1 is 1.27 bits per heavy atom. The number of allylic oxidation sites excluding steroid dienone is 5. The summed E-state index contributed by atoms with van der Waals surface area (Å²) in [7, 11) is 0. The Kier molecular flexibility index (Phi) is 4.47. The minimum Gasteiger partial charge on any atom is -0.456 e. The fourth-order valence-electron chi connectivity index (χ4n) is 1.32. The van der Waals surface area contributed by atoms with Crippen molar-refractivity contribution in [3.8, 4) is 0 Å². The standard InChI is InChI=1S/C13H20O2/c1-10(2)8-6-5-7-9-13-11(3)14-12(4)15-13/h5-7,9-10,12H,8H2,1-4H3/b6-5-,9-7-. The maximum Gasteiger partial charge on any atom is 0.238 e. The SMILES string of the molecule is CC1=C(/C=C\C=C/CC(C)C)OC(C)O1. The molecule has 0 saturated heterocycles. The first kappa shape index (κ1) is 11.9. The summed E-state index contributed by atoms with van der Waals surface area (Å²) in [6.45, 7) is 8.21. The van der Waals surface area contributed by atoms with E-state index >= 15 is 0 Å². The number of ether oxygens (including phenoxy) is 2. The highest BCUT2D eigenvalue weighted by atomic mass is 16.7. The number of hydrogen-bond acceptors (Lipinski definition) is 2. The Balaban J connectivity index is 2.38. The van der Waals surface area contributed by atoms with Crippen molar-refractivity contribution in [2.75, 3.05) is 0 Å². The van der Waals surface area contributed by atoms with E-state index in [1.807, 2.05) is 32.1 Å². The van der Waals surface area contributed by atoms with Gasteiger partial charge in [0.25, 0.3) is 0 Å². The molecule has 0 aromatic rings. The summed E-state index contributed by atoms with van der Waals surface area (Å²) in [5.74, 6) is 2.40. The van der Waals surface area contributed by atoms with Crippen LogP contribution in [0.1, 0.15) is 34.1 Å². The zero-order chi connectivity index (χ0) is 11.3. The van der Waals surface area contributed by atoms with Gasteiger partial charge in [0, 0.05) is 6.92 Å². The van der Waals surface area contributed by atoms with Gasteiger partial charge in [0.15, 0.2) is 5.76 Å². The highest BCUT2D eigenvalue weighted by molar-refractivity contribution is 5.21. The van der Waals surface area contributed by atoms with Crippen molar-refractivity contribution in [1.82, 2.24) is 0 Å². The molecule has 1 aliphatic heterocycles. The molecule has 0 N–H and O–H groups in total. The van der Waals surface area contributed by atoms with E-state index in [0.29, 0.717) is 5.92 Å². The molecule has 1 unspecified atom stereocenters. The Hall–Kier alpha value is -1.18. The molecular formula is C13H20O2. The lowest BCUT2D eigenvalue weighted by Crippen LogP contribution is -2.00. The van der Waals surface area contributed by atoms with E-state index < -0.39 is 0 Å². The van der Waals surface area contributed by atoms with Crippen LogP contribution in [-0.2, 0) is 9.47 Å². The van der Waals surface area contributed by atoms with Gasteiger partial charge >= 0.3 is 0 Å². The van der Waals surface area contributed by atoms with Gasteiger partial charge in [-0.2, -0.15) is 0 Å². The zero-order valence-electron chi connectivity index (χ0n) is 9.99. The van der Waals surface area contributed by atoms with Gasteiger partial charge in [-0.05, 0) is 25.3 Å². The van der Waals surface area contributed by atoms with Crippen LogP contribution in [0.15, 0.2) is 35.8 Å². The molecule has 2 nitrogen and oxygen atoms in total. The largest absolute Gasteiger partial charge is 0.456 e. The summed E-state index contributed by atoms with van der Waals surface area (Å²) >= 11 is 0. The molecule has 0 radical (unpaired) electrons. The second-order valence-electron chi connectivity index (χ2n) is 4.14. The van der Waals surface area contributed by atoms with Crippen molar-refractivity contribution in [2.45, 2.75) is 40.4 Å². The highest BCUT2D eigenvalue weighted by Crippen LogP contribution is 2.21. The first-order valence-electron chi connectivity index (χ1n) is 5.47. The first-order chi connectivity index (χ1) is 7.09. The van der Waals surface area contributed by atoms with Crippen molar-refractivity contribution >= 4 is 0 Å². The van der Waals surface area contributed by atoms with Crippen molar-refractivity contribution < 1.29 is 9.47 Å². The third-order valence-electron chi connectivity index (χ3n) is 2.08. The van der Waals surface area contributed by atoms with Gasteiger partial charge in [-0.1, -0.05) is 32.1 Å². The summed E-state index contributed by atoms with van der Waals surface area (Å²) in [5, 5.41) is 0. The van der Waals surface area contributed by atoms with E-state index in [2.05, 4.69) is 19.9 Å². The zero-order valence-corrected chi connectivity index (χ0v) is 9.99. The van der Waals surface area contributed by atoms with Crippen LogP contribution in [0.2, 0.25) is 0 Å². The minimum atomic E-state index is -0.149. The van der Waals surface area contributed by atoms with E-state index in [1.54, 1.807) is 0 Å². The van der Waals surface area contributed by atoms with Gasteiger partial charge in [-0.25, -0.2) is 0 Å². The topological polar surface area (TPSA) is 18.5 Å². The van der Waals surface area contributed by atoms with Crippen LogP contribution in [0.5, 0.6) is 0 Å². The van der Waals surface area contributed by atoms with Crippen LogP contribution < -0.4 is 0 Å². The lowest BCUT2D eigenvalue weighted by atomic mass is 10.1.